The van der Waals surface area contributed by atoms with Gasteiger partial charge >= 0.3 is 0 Å². The number of nitrogens with one attached hydrogen (secondary N) is 1. The third-order valence-electron chi connectivity index (χ3n) is 5.26. The van der Waals surface area contributed by atoms with E-state index in [4.69, 9.17) is 4.98 Å². The average molecular weight is 367 g/mol. The van der Waals surface area contributed by atoms with Crippen LogP contribution in [0.25, 0.3) is 16.6 Å². The highest BCUT2D eigenvalue weighted by atomic mass is 16.1. The fourth-order valence-corrected chi connectivity index (χ4v) is 3.56. The van der Waals surface area contributed by atoms with E-state index in [1.54, 1.807) is 0 Å². The molecule has 0 aliphatic rings. The van der Waals surface area contributed by atoms with Gasteiger partial charge in [0.1, 0.15) is 0 Å². The lowest BCUT2D eigenvalue weighted by Gasteiger charge is -2.18. The minimum atomic E-state index is 0.0895. The zero-order chi connectivity index (χ0) is 19.4. The van der Waals surface area contributed by atoms with E-state index >= 15 is 0 Å². The standard InChI is InChI=1S/C21H29N5O/c1-5-25(6-2)14-13-22-20(27)12-11-17-15(3)23-21-18-9-7-8-10-19(18)24-26(21)16(17)4/h7-10H,5-6,11-14H2,1-4H3,(H,22,27). The van der Waals surface area contributed by atoms with Gasteiger partial charge < -0.3 is 10.2 Å². The Kier molecular flexibility index (Phi) is 6.06. The van der Waals surface area contributed by atoms with Crippen LogP contribution >= 0.6 is 0 Å². The van der Waals surface area contributed by atoms with Crippen LogP contribution in [0.4, 0.5) is 0 Å². The molecule has 2 aromatic heterocycles. The van der Waals surface area contributed by atoms with E-state index in [9.17, 15) is 4.79 Å². The van der Waals surface area contributed by atoms with Crippen LogP contribution in [0.5, 0.6) is 0 Å². The zero-order valence-corrected chi connectivity index (χ0v) is 16.7. The smallest absolute Gasteiger partial charge is 0.220 e. The average Bonchev–Trinajstić information content (AvgIpc) is 3.04. The number of aryl methyl sites for hydroxylation is 2. The quantitative estimate of drug-likeness (QED) is 0.665. The lowest BCUT2D eigenvalue weighted by molar-refractivity contribution is -0.121. The summed E-state index contributed by atoms with van der Waals surface area (Å²) in [5.41, 5.74) is 4.97. The van der Waals surface area contributed by atoms with E-state index in [1.807, 2.05) is 35.7 Å². The molecule has 0 saturated carbocycles. The molecule has 0 spiro atoms. The number of benzene rings is 1. The van der Waals surface area contributed by atoms with Gasteiger partial charge in [-0.3, -0.25) is 4.79 Å². The van der Waals surface area contributed by atoms with Crippen molar-refractivity contribution in [3.8, 4) is 0 Å². The Labute approximate surface area is 160 Å². The number of aromatic nitrogens is 3. The molecule has 3 rings (SSSR count). The number of nitrogens with zero attached hydrogens (tertiary/aromatic N) is 4. The molecule has 27 heavy (non-hydrogen) atoms. The van der Waals surface area contributed by atoms with Crippen molar-refractivity contribution in [3.63, 3.8) is 0 Å². The summed E-state index contributed by atoms with van der Waals surface area (Å²) < 4.78 is 1.91. The molecule has 1 aromatic carbocycles. The Hall–Kier alpha value is -2.47. The normalized spacial score (nSPS) is 11.6. The second-order valence-electron chi connectivity index (χ2n) is 6.89. The molecule has 0 unspecified atom stereocenters. The maximum Gasteiger partial charge on any atom is 0.220 e. The minimum Gasteiger partial charge on any atom is -0.355 e. The van der Waals surface area contributed by atoms with Gasteiger partial charge in [-0.15, -0.1) is 0 Å². The second-order valence-corrected chi connectivity index (χ2v) is 6.89. The van der Waals surface area contributed by atoms with E-state index < -0.39 is 0 Å². The van der Waals surface area contributed by atoms with Crippen LogP contribution in [0, 0.1) is 13.8 Å². The highest BCUT2D eigenvalue weighted by molar-refractivity contribution is 5.92. The van der Waals surface area contributed by atoms with Crippen LogP contribution in [-0.2, 0) is 11.2 Å². The first-order valence-corrected chi connectivity index (χ1v) is 9.77. The Balaban J connectivity index is 1.70. The number of likely N-dealkylation sites (N-methyl/N-ethyl adjacent to an activating group) is 1. The minimum absolute atomic E-state index is 0.0895. The third kappa shape index (κ3) is 4.11. The first-order chi connectivity index (χ1) is 13.0. The predicted molar refractivity (Wildman–Crippen MR) is 109 cm³/mol. The number of hydrogen-bond donors (Lipinski definition) is 1. The number of amides is 1. The number of carbonyl (C=O) groups excluding carboxylic acids is 1. The predicted octanol–water partition coefficient (Wildman–Crippen LogP) is 2.89. The first-order valence-electron chi connectivity index (χ1n) is 9.77. The molecule has 1 N–H and O–H groups in total. The van der Waals surface area contributed by atoms with Crippen LogP contribution in [0.2, 0.25) is 0 Å². The maximum absolute atomic E-state index is 12.2. The summed E-state index contributed by atoms with van der Waals surface area (Å²) in [6.07, 6.45) is 1.14. The third-order valence-corrected chi connectivity index (χ3v) is 5.26. The van der Waals surface area contributed by atoms with Gasteiger partial charge in [0.15, 0.2) is 5.65 Å². The molecule has 0 saturated heterocycles. The molecule has 0 fully saturated rings. The van der Waals surface area contributed by atoms with Crippen LogP contribution in [-0.4, -0.2) is 51.6 Å². The van der Waals surface area contributed by atoms with Crippen LogP contribution in [0.3, 0.4) is 0 Å². The van der Waals surface area contributed by atoms with E-state index in [0.29, 0.717) is 19.4 Å². The van der Waals surface area contributed by atoms with Gasteiger partial charge in [-0.05, 0) is 51.1 Å². The van der Waals surface area contributed by atoms with Crippen molar-refractivity contribution in [1.82, 2.24) is 24.8 Å². The summed E-state index contributed by atoms with van der Waals surface area (Å²) in [6, 6.07) is 8.04. The van der Waals surface area contributed by atoms with E-state index in [1.165, 1.54) is 0 Å². The van der Waals surface area contributed by atoms with E-state index in [-0.39, 0.29) is 5.91 Å². The molecule has 1 amide bonds. The van der Waals surface area contributed by atoms with Crippen LogP contribution in [0.15, 0.2) is 24.3 Å². The molecular formula is C21H29N5O. The van der Waals surface area contributed by atoms with Crippen molar-refractivity contribution in [2.75, 3.05) is 26.2 Å². The number of hydrogen-bond acceptors (Lipinski definition) is 4. The molecule has 0 radical (unpaired) electrons. The van der Waals surface area contributed by atoms with Gasteiger partial charge in [0.2, 0.25) is 5.91 Å². The van der Waals surface area contributed by atoms with E-state index in [2.05, 4.69) is 36.1 Å². The largest absolute Gasteiger partial charge is 0.355 e. The van der Waals surface area contributed by atoms with Crippen molar-refractivity contribution in [2.45, 2.75) is 40.5 Å². The fourth-order valence-electron chi connectivity index (χ4n) is 3.56. The molecule has 6 heteroatoms. The Morgan fingerprint density at radius 3 is 2.67 bits per heavy atom. The highest BCUT2D eigenvalue weighted by Crippen LogP contribution is 2.22. The van der Waals surface area contributed by atoms with Crippen molar-refractivity contribution in [2.24, 2.45) is 0 Å². The molecule has 0 bridgehead atoms. The molecule has 144 valence electrons. The number of fused-ring (bicyclic) bond motifs is 3. The SMILES string of the molecule is CCN(CC)CCNC(=O)CCc1c(C)nc2c3ccccc3nn2c1C. The summed E-state index contributed by atoms with van der Waals surface area (Å²) in [5.74, 6) is 0.0895. The summed E-state index contributed by atoms with van der Waals surface area (Å²) in [5, 5.41) is 8.77. The topological polar surface area (TPSA) is 62.5 Å². The summed E-state index contributed by atoms with van der Waals surface area (Å²) >= 11 is 0. The van der Waals surface area contributed by atoms with Gasteiger partial charge in [-0.25, -0.2) is 9.50 Å². The molecular weight excluding hydrogens is 338 g/mol. The molecule has 0 aliphatic carbocycles. The summed E-state index contributed by atoms with van der Waals surface area (Å²) in [4.78, 5) is 19.3. The van der Waals surface area contributed by atoms with Crippen molar-refractivity contribution in [3.05, 3.63) is 41.2 Å². The Morgan fingerprint density at radius 1 is 1.19 bits per heavy atom. The Morgan fingerprint density at radius 2 is 1.93 bits per heavy atom. The lowest BCUT2D eigenvalue weighted by Crippen LogP contribution is -2.34. The zero-order valence-electron chi connectivity index (χ0n) is 16.7. The monoisotopic (exact) mass is 367 g/mol. The maximum atomic E-state index is 12.2. The summed E-state index contributed by atoms with van der Waals surface area (Å²) in [7, 11) is 0. The number of carbonyl (C=O) groups is 1. The number of rotatable bonds is 8. The van der Waals surface area contributed by atoms with Crippen LogP contribution in [0.1, 0.15) is 37.2 Å². The molecule has 3 aromatic rings. The molecule has 2 heterocycles. The van der Waals surface area contributed by atoms with Crippen molar-refractivity contribution < 1.29 is 4.79 Å². The first kappa shape index (κ1) is 19.3. The van der Waals surface area contributed by atoms with Crippen molar-refractivity contribution in [1.29, 1.82) is 0 Å². The van der Waals surface area contributed by atoms with Gasteiger partial charge in [0, 0.05) is 36.3 Å². The van der Waals surface area contributed by atoms with Gasteiger partial charge in [-0.2, -0.15) is 5.10 Å². The van der Waals surface area contributed by atoms with E-state index in [0.717, 1.165) is 53.1 Å². The van der Waals surface area contributed by atoms with Gasteiger partial charge in [0.05, 0.1) is 5.52 Å². The molecule has 0 atom stereocenters. The van der Waals surface area contributed by atoms with Crippen LogP contribution < -0.4 is 5.32 Å². The molecule has 0 aliphatic heterocycles. The van der Waals surface area contributed by atoms with Gasteiger partial charge in [-0.1, -0.05) is 26.0 Å². The highest BCUT2D eigenvalue weighted by Gasteiger charge is 2.14. The second kappa shape index (κ2) is 8.48. The summed E-state index contributed by atoms with van der Waals surface area (Å²) in [6.45, 7) is 12.0. The lowest BCUT2D eigenvalue weighted by atomic mass is 10.1. The fraction of sp³-hybridized carbons (Fsp3) is 0.476. The van der Waals surface area contributed by atoms with Gasteiger partial charge in [0.25, 0.3) is 0 Å². The van der Waals surface area contributed by atoms with Crippen molar-refractivity contribution >= 4 is 22.5 Å². The molecule has 6 nitrogen and oxygen atoms in total. The Bertz CT molecular complexity index is 943.